The zero-order valence-corrected chi connectivity index (χ0v) is 12.8. The van der Waals surface area contributed by atoms with Crippen molar-refractivity contribution in [1.29, 1.82) is 0 Å². The summed E-state index contributed by atoms with van der Waals surface area (Å²) < 4.78 is 16.6. The van der Waals surface area contributed by atoms with Crippen LogP contribution in [0, 0.1) is 0 Å². The van der Waals surface area contributed by atoms with Gasteiger partial charge in [-0.15, -0.1) is 0 Å². The van der Waals surface area contributed by atoms with Crippen LogP contribution < -0.4 is 5.32 Å². The smallest absolute Gasteiger partial charge is 0.231 e. The molecule has 2 unspecified atom stereocenters. The highest BCUT2D eigenvalue weighted by Gasteiger charge is 2.39. The largest absolute Gasteiger partial charge is 0.381 e. The molecule has 2 atom stereocenters. The number of nitrogens with one attached hydrogen (secondary N) is 1. The summed E-state index contributed by atoms with van der Waals surface area (Å²) in [5, 5.41) is 7.44. The highest BCUT2D eigenvalue weighted by Crippen LogP contribution is 2.34. The van der Waals surface area contributed by atoms with E-state index in [0.717, 1.165) is 19.3 Å². The first-order valence-electron chi connectivity index (χ1n) is 7.31. The Hall–Kier alpha value is -0.980. The van der Waals surface area contributed by atoms with Crippen LogP contribution in [0.3, 0.4) is 0 Å². The molecule has 1 aromatic heterocycles. The number of hydrogen-bond donors (Lipinski definition) is 1. The van der Waals surface area contributed by atoms with E-state index in [0.29, 0.717) is 31.0 Å². The van der Waals surface area contributed by atoms with Crippen LogP contribution >= 0.6 is 0 Å². The molecule has 0 spiro atoms. The lowest BCUT2D eigenvalue weighted by atomic mass is 9.93. The van der Waals surface area contributed by atoms with E-state index in [1.165, 1.54) is 0 Å². The third-order valence-corrected chi connectivity index (χ3v) is 4.34. The summed E-state index contributed by atoms with van der Waals surface area (Å²) in [5.74, 6) is 1.50. The maximum absolute atomic E-state index is 5.69. The lowest BCUT2D eigenvalue weighted by molar-refractivity contribution is -0.101. The Balaban J connectivity index is 2.19. The second-order valence-corrected chi connectivity index (χ2v) is 5.36. The third-order valence-electron chi connectivity index (χ3n) is 4.34. The van der Waals surface area contributed by atoms with Gasteiger partial charge < -0.3 is 19.3 Å². The zero-order chi connectivity index (χ0) is 14.6. The molecular formula is C14H25N3O3. The number of likely N-dealkylation sites (N-methyl/N-ethyl adjacent to an activating group) is 1. The molecule has 1 aliphatic heterocycles. The van der Waals surface area contributed by atoms with Gasteiger partial charge in [-0.2, -0.15) is 4.98 Å². The van der Waals surface area contributed by atoms with Crippen LogP contribution in [0.1, 0.15) is 50.7 Å². The molecule has 114 valence electrons. The van der Waals surface area contributed by atoms with Crippen molar-refractivity contribution in [1.82, 2.24) is 15.5 Å². The van der Waals surface area contributed by atoms with E-state index in [-0.39, 0.29) is 5.92 Å². The zero-order valence-electron chi connectivity index (χ0n) is 12.8. The highest BCUT2D eigenvalue weighted by atomic mass is 16.5. The van der Waals surface area contributed by atoms with Crippen molar-refractivity contribution in [3.63, 3.8) is 0 Å². The molecule has 20 heavy (non-hydrogen) atoms. The lowest BCUT2D eigenvalue weighted by Crippen LogP contribution is -2.36. The Morgan fingerprint density at radius 3 is 2.65 bits per heavy atom. The van der Waals surface area contributed by atoms with Crippen molar-refractivity contribution in [2.45, 2.75) is 50.7 Å². The van der Waals surface area contributed by atoms with Crippen molar-refractivity contribution in [3.05, 3.63) is 11.7 Å². The number of nitrogens with zero attached hydrogens (tertiary/aromatic N) is 2. The Labute approximate surface area is 120 Å². The van der Waals surface area contributed by atoms with Crippen molar-refractivity contribution in [2.24, 2.45) is 0 Å². The van der Waals surface area contributed by atoms with E-state index in [1.54, 1.807) is 7.11 Å². The van der Waals surface area contributed by atoms with Gasteiger partial charge in [-0.1, -0.05) is 19.0 Å². The minimum absolute atomic E-state index is 0.181. The molecule has 0 aromatic carbocycles. The molecule has 1 aromatic rings. The predicted octanol–water partition coefficient (Wildman–Crippen LogP) is 1.82. The summed E-state index contributed by atoms with van der Waals surface area (Å²) in [6.07, 6.45) is 2.54. The van der Waals surface area contributed by atoms with Crippen LogP contribution in [-0.4, -0.2) is 43.6 Å². The summed E-state index contributed by atoms with van der Waals surface area (Å²) in [4.78, 5) is 4.60. The standard InChI is InChI=1S/C14H25N3O3/c1-5-11(15-3)10(2)12-16-13(17-20-12)14(18-4)6-8-19-9-7-14/h10-11,15H,5-9H2,1-4H3. The van der Waals surface area contributed by atoms with Gasteiger partial charge in [0.25, 0.3) is 0 Å². The Bertz CT molecular complexity index is 412. The lowest BCUT2D eigenvalue weighted by Gasteiger charge is -2.32. The van der Waals surface area contributed by atoms with Crippen LogP contribution in [-0.2, 0) is 15.1 Å². The van der Waals surface area contributed by atoms with Crippen molar-refractivity contribution >= 4 is 0 Å². The molecule has 0 radical (unpaired) electrons. The molecule has 0 bridgehead atoms. The Morgan fingerprint density at radius 1 is 1.40 bits per heavy atom. The summed E-state index contributed by atoms with van der Waals surface area (Å²) >= 11 is 0. The van der Waals surface area contributed by atoms with Crippen LogP contribution in [0.2, 0.25) is 0 Å². The average Bonchev–Trinajstić information content (AvgIpc) is 2.99. The summed E-state index contributed by atoms with van der Waals surface area (Å²) in [6, 6.07) is 0.330. The fraction of sp³-hybridized carbons (Fsp3) is 0.857. The van der Waals surface area contributed by atoms with Crippen LogP contribution in [0.5, 0.6) is 0 Å². The van der Waals surface area contributed by atoms with Crippen molar-refractivity contribution in [2.75, 3.05) is 27.4 Å². The highest BCUT2D eigenvalue weighted by molar-refractivity contribution is 5.06. The quantitative estimate of drug-likeness (QED) is 0.859. The van der Waals surface area contributed by atoms with Crippen LogP contribution in [0.4, 0.5) is 0 Å². The SMILES string of the molecule is CCC(NC)C(C)c1nc(C2(OC)CCOCC2)no1. The van der Waals surface area contributed by atoms with Gasteiger partial charge in [0.2, 0.25) is 11.7 Å². The average molecular weight is 283 g/mol. The molecule has 0 aliphatic carbocycles. The molecular weight excluding hydrogens is 258 g/mol. The molecule has 1 aliphatic rings. The Morgan fingerprint density at radius 2 is 2.10 bits per heavy atom. The maximum Gasteiger partial charge on any atom is 0.231 e. The molecule has 2 heterocycles. The predicted molar refractivity (Wildman–Crippen MR) is 74.6 cm³/mol. The molecule has 0 amide bonds. The van der Waals surface area contributed by atoms with E-state index >= 15 is 0 Å². The summed E-state index contributed by atoms with van der Waals surface area (Å²) in [5.41, 5.74) is -0.457. The van der Waals surface area contributed by atoms with Gasteiger partial charge in [0.1, 0.15) is 5.60 Å². The topological polar surface area (TPSA) is 69.4 Å². The monoisotopic (exact) mass is 283 g/mol. The third kappa shape index (κ3) is 2.87. The van der Waals surface area contributed by atoms with Crippen LogP contribution in [0.15, 0.2) is 4.52 Å². The number of rotatable bonds is 6. The van der Waals surface area contributed by atoms with Crippen molar-refractivity contribution < 1.29 is 14.0 Å². The molecule has 6 heteroatoms. The van der Waals surface area contributed by atoms with E-state index in [4.69, 9.17) is 14.0 Å². The second-order valence-electron chi connectivity index (χ2n) is 5.36. The fourth-order valence-corrected chi connectivity index (χ4v) is 2.81. The second kappa shape index (κ2) is 6.65. The minimum atomic E-state index is -0.457. The van der Waals surface area contributed by atoms with Crippen LogP contribution in [0.25, 0.3) is 0 Å². The first kappa shape index (κ1) is 15.4. The molecule has 0 saturated carbocycles. The fourth-order valence-electron chi connectivity index (χ4n) is 2.81. The van der Waals surface area contributed by atoms with E-state index in [2.05, 4.69) is 29.3 Å². The van der Waals surface area contributed by atoms with Gasteiger partial charge in [-0.05, 0) is 13.5 Å². The first-order valence-corrected chi connectivity index (χ1v) is 7.31. The Kier molecular flexibility index (Phi) is 5.12. The minimum Gasteiger partial charge on any atom is -0.381 e. The van der Waals surface area contributed by atoms with E-state index in [9.17, 15) is 0 Å². The van der Waals surface area contributed by atoms with Gasteiger partial charge in [0.05, 0.1) is 5.92 Å². The maximum atomic E-state index is 5.69. The normalized spacial score (nSPS) is 21.6. The van der Waals surface area contributed by atoms with Gasteiger partial charge in [-0.3, -0.25) is 0 Å². The van der Waals surface area contributed by atoms with Gasteiger partial charge in [-0.25, -0.2) is 0 Å². The van der Waals surface area contributed by atoms with Crippen molar-refractivity contribution in [3.8, 4) is 0 Å². The number of aromatic nitrogens is 2. The summed E-state index contributed by atoms with van der Waals surface area (Å²) in [6.45, 7) is 5.58. The summed E-state index contributed by atoms with van der Waals surface area (Å²) in [7, 11) is 3.66. The number of hydrogen-bond acceptors (Lipinski definition) is 6. The number of methoxy groups -OCH3 is 1. The molecule has 2 rings (SSSR count). The molecule has 6 nitrogen and oxygen atoms in total. The first-order chi connectivity index (χ1) is 9.66. The molecule has 1 saturated heterocycles. The molecule has 1 fully saturated rings. The van der Waals surface area contributed by atoms with Gasteiger partial charge >= 0.3 is 0 Å². The number of ether oxygens (including phenoxy) is 2. The van der Waals surface area contributed by atoms with Gasteiger partial charge in [0.15, 0.2) is 0 Å². The van der Waals surface area contributed by atoms with Gasteiger partial charge in [0, 0.05) is 39.2 Å². The molecule has 1 N–H and O–H groups in total. The van der Waals surface area contributed by atoms with E-state index < -0.39 is 5.60 Å². The van der Waals surface area contributed by atoms with E-state index in [1.807, 2.05) is 7.05 Å².